The maximum Gasteiger partial charge on any atom is 0.218 e. The lowest BCUT2D eigenvalue weighted by Gasteiger charge is -2.19. The average molecular weight is 315 g/mol. The predicted octanol–water partition coefficient (Wildman–Crippen LogP) is 2.50. The Bertz CT molecular complexity index is 678. The lowest BCUT2D eigenvalue weighted by atomic mass is 9.97. The number of methoxy groups -OCH3 is 3. The zero-order valence-electron chi connectivity index (χ0n) is 13.7. The molecule has 6 heteroatoms. The molecule has 1 aromatic carbocycles. The van der Waals surface area contributed by atoms with Gasteiger partial charge in [-0.2, -0.15) is 0 Å². The molecule has 0 aliphatic carbocycles. The highest BCUT2D eigenvalue weighted by molar-refractivity contribution is 5.47. The highest BCUT2D eigenvalue weighted by Gasteiger charge is 2.27. The van der Waals surface area contributed by atoms with Crippen LogP contribution in [0.4, 0.5) is 5.82 Å². The first-order chi connectivity index (χ1) is 11.2. The van der Waals surface area contributed by atoms with E-state index >= 15 is 0 Å². The van der Waals surface area contributed by atoms with E-state index in [0.717, 1.165) is 36.8 Å². The van der Waals surface area contributed by atoms with Crippen LogP contribution in [0.3, 0.4) is 0 Å². The van der Waals surface area contributed by atoms with E-state index in [2.05, 4.69) is 20.9 Å². The lowest BCUT2D eigenvalue weighted by Crippen LogP contribution is -2.20. The molecule has 0 N–H and O–H groups in total. The normalized spacial score (nSPS) is 17.2. The molecule has 0 bridgehead atoms. The fourth-order valence-electron chi connectivity index (χ4n) is 3.00. The fraction of sp³-hybridized carbons (Fsp3) is 0.412. The van der Waals surface area contributed by atoms with E-state index in [9.17, 15) is 0 Å². The summed E-state index contributed by atoms with van der Waals surface area (Å²) in [4.78, 5) is 10.7. The number of ether oxygens (including phenoxy) is 3. The standard InChI is InChI=1S/C17H21N3O3/c1-21-13-4-5-15(22-2)14(8-13)12-6-7-20(10-12)16-9-17(23-3)19-11-18-16/h4-5,8-9,11-12H,6-7,10H2,1-3H3/t12-/m0/s1. The van der Waals surface area contributed by atoms with E-state index in [1.54, 1.807) is 21.3 Å². The summed E-state index contributed by atoms with van der Waals surface area (Å²) in [5, 5.41) is 0. The summed E-state index contributed by atoms with van der Waals surface area (Å²) in [7, 11) is 4.99. The molecule has 0 spiro atoms. The molecule has 1 saturated heterocycles. The van der Waals surface area contributed by atoms with Gasteiger partial charge in [-0.3, -0.25) is 0 Å². The van der Waals surface area contributed by atoms with Crippen LogP contribution in [0.15, 0.2) is 30.6 Å². The van der Waals surface area contributed by atoms with Gasteiger partial charge < -0.3 is 19.1 Å². The van der Waals surface area contributed by atoms with Crippen LogP contribution in [0.2, 0.25) is 0 Å². The first kappa shape index (κ1) is 15.4. The van der Waals surface area contributed by atoms with E-state index in [0.29, 0.717) is 11.8 Å². The molecule has 0 unspecified atom stereocenters. The molecule has 23 heavy (non-hydrogen) atoms. The second-order valence-electron chi connectivity index (χ2n) is 5.46. The highest BCUT2D eigenvalue weighted by atomic mass is 16.5. The number of benzene rings is 1. The van der Waals surface area contributed by atoms with Crippen LogP contribution in [0, 0.1) is 0 Å². The number of anilines is 1. The molecule has 1 aliphatic rings. The predicted molar refractivity (Wildman–Crippen MR) is 87.7 cm³/mol. The number of nitrogens with zero attached hydrogens (tertiary/aromatic N) is 3. The van der Waals surface area contributed by atoms with E-state index in [-0.39, 0.29) is 0 Å². The minimum atomic E-state index is 0.376. The molecule has 3 rings (SSSR count). The van der Waals surface area contributed by atoms with E-state index in [1.807, 2.05) is 18.2 Å². The van der Waals surface area contributed by atoms with Crippen molar-refractivity contribution in [3.8, 4) is 17.4 Å². The molecule has 0 amide bonds. The van der Waals surface area contributed by atoms with Crippen LogP contribution in [0.5, 0.6) is 17.4 Å². The van der Waals surface area contributed by atoms with Gasteiger partial charge in [-0.05, 0) is 24.6 Å². The van der Waals surface area contributed by atoms with Gasteiger partial charge in [0.15, 0.2) is 0 Å². The Hall–Kier alpha value is -2.50. The average Bonchev–Trinajstić information content (AvgIpc) is 3.11. The summed E-state index contributed by atoms with van der Waals surface area (Å²) in [5.74, 6) is 3.60. The van der Waals surface area contributed by atoms with Gasteiger partial charge in [-0.25, -0.2) is 9.97 Å². The minimum absolute atomic E-state index is 0.376. The van der Waals surface area contributed by atoms with Gasteiger partial charge in [-0.1, -0.05) is 0 Å². The van der Waals surface area contributed by atoms with E-state index in [4.69, 9.17) is 14.2 Å². The molecule has 1 aliphatic heterocycles. The molecule has 0 radical (unpaired) electrons. The fourth-order valence-corrected chi connectivity index (χ4v) is 3.00. The highest BCUT2D eigenvalue weighted by Crippen LogP contribution is 2.37. The Morgan fingerprint density at radius 3 is 2.65 bits per heavy atom. The third-order valence-corrected chi connectivity index (χ3v) is 4.23. The van der Waals surface area contributed by atoms with Crippen molar-refractivity contribution in [3.63, 3.8) is 0 Å². The second kappa shape index (κ2) is 6.73. The van der Waals surface area contributed by atoms with Gasteiger partial charge in [0.25, 0.3) is 0 Å². The summed E-state index contributed by atoms with van der Waals surface area (Å²) >= 11 is 0. The molecule has 6 nitrogen and oxygen atoms in total. The summed E-state index contributed by atoms with van der Waals surface area (Å²) in [6.07, 6.45) is 2.57. The maximum atomic E-state index is 5.52. The summed E-state index contributed by atoms with van der Waals surface area (Å²) < 4.78 is 16.0. The molecule has 122 valence electrons. The summed E-state index contributed by atoms with van der Waals surface area (Å²) in [5.41, 5.74) is 1.18. The van der Waals surface area contributed by atoms with E-state index in [1.165, 1.54) is 11.9 Å². The molecule has 2 aromatic rings. The van der Waals surface area contributed by atoms with Gasteiger partial charge in [0.05, 0.1) is 21.3 Å². The summed E-state index contributed by atoms with van der Waals surface area (Å²) in [6.45, 7) is 1.81. The molecule has 1 aromatic heterocycles. The van der Waals surface area contributed by atoms with Crippen molar-refractivity contribution in [1.82, 2.24) is 9.97 Å². The summed E-state index contributed by atoms with van der Waals surface area (Å²) in [6, 6.07) is 7.81. The van der Waals surface area contributed by atoms with Crippen molar-refractivity contribution in [2.45, 2.75) is 12.3 Å². The Kier molecular flexibility index (Phi) is 4.50. The maximum absolute atomic E-state index is 5.52. The Morgan fingerprint density at radius 2 is 1.91 bits per heavy atom. The lowest BCUT2D eigenvalue weighted by molar-refractivity contribution is 0.395. The van der Waals surface area contributed by atoms with Crippen LogP contribution in [-0.2, 0) is 0 Å². The topological polar surface area (TPSA) is 56.7 Å². The zero-order valence-corrected chi connectivity index (χ0v) is 13.7. The van der Waals surface area contributed by atoms with Crippen molar-refractivity contribution in [2.75, 3.05) is 39.3 Å². The SMILES string of the molecule is COc1ccc(OC)c([C@H]2CCN(c3cc(OC)ncn3)C2)c1. The van der Waals surface area contributed by atoms with Crippen LogP contribution in [0.1, 0.15) is 17.9 Å². The monoisotopic (exact) mass is 315 g/mol. The van der Waals surface area contributed by atoms with Crippen molar-refractivity contribution < 1.29 is 14.2 Å². The minimum Gasteiger partial charge on any atom is -0.497 e. The van der Waals surface area contributed by atoms with Crippen molar-refractivity contribution in [2.24, 2.45) is 0 Å². The van der Waals surface area contributed by atoms with Gasteiger partial charge in [0.2, 0.25) is 5.88 Å². The third kappa shape index (κ3) is 3.16. The van der Waals surface area contributed by atoms with Crippen molar-refractivity contribution in [3.05, 3.63) is 36.2 Å². The Labute approximate surface area is 136 Å². The van der Waals surface area contributed by atoms with E-state index < -0.39 is 0 Å². The Balaban J connectivity index is 1.82. The first-order valence-electron chi connectivity index (χ1n) is 7.58. The van der Waals surface area contributed by atoms with Gasteiger partial charge in [-0.15, -0.1) is 0 Å². The number of hydrogen-bond acceptors (Lipinski definition) is 6. The molecule has 1 fully saturated rings. The number of rotatable bonds is 5. The smallest absolute Gasteiger partial charge is 0.218 e. The van der Waals surface area contributed by atoms with Crippen LogP contribution in [0.25, 0.3) is 0 Å². The second-order valence-corrected chi connectivity index (χ2v) is 5.46. The molecular formula is C17H21N3O3. The third-order valence-electron chi connectivity index (χ3n) is 4.23. The largest absolute Gasteiger partial charge is 0.497 e. The van der Waals surface area contributed by atoms with Crippen LogP contribution < -0.4 is 19.1 Å². The van der Waals surface area contributed by atoms with Gasteiger partial charge in [0, 0.05) is 30.6 Å². The van der Waals surface area contributed by atoms with Gasteiger partial charge >= 0.3 is 0 Å². The molecule has 2 heterocycles. The van der Waals surface area contributed by atoms with Crippen molar-refractivity contribution in [1.29, 1.82) is 0 Å². The molecule has 0 saturated carbocycles. The molecular weight excluding hydrogens is 294 g/mol. The zero-order chi connectivity index (χ0) is 16.2. The number of hydrogen-bond donors (Lipinski definition) is 0. The first-order valence-corrected chi connectivity index (χ1v) is 7.58. The van der Waals surface area contributed by atoms with Gasteiger partial charge in [0.1, 0.15) is 23.6 Å². The van der Waals surface area contributed by atoms with Crippen LogP contribution >= 0.6 is 0 Å². The Morgan fingerprint density at radius 1 is 1.04 bits per heavy atom. The quantitative estimate of drug-likeness (QED) is 0.845. The molecule has 1 atom stereocenters. The van der Waals surface area contributed by atoms with Crippen LogP contribution in [-0.4, -0.2) is 44.4 Å². The number of aromatic nitrogens is 2. The van der Waals surface area contributed by atoms with Crippen molar-refractivity contribution >= 4 is 5.82 Å².